The molecule has 1 saturated heterocycles. The molecule has 1 atom stereocenters. The Morgan fingerprint density at radius 1 is 1.31 bits per heavy atom. The van der Waals surface area contributed by atoms with Crippen molar-refractivity contribution in [3.05, 3.63) is 45.5 Å². The number of hydrogen-bond donors (Lipinski definition) is 0. The molecule has 9 heteroatoms. The number of nitrogens with zero attached hydrogens (tertiary/aromatic N) is 1. The molecule has 0 amide bonds. The van der Waals surface area contributed by atoms with E-state index in [0.717, 1.165) is 19.3 Å². The average Bonchev–Trinajstić information content (AvgIpc) is 3.20. The summed E-state index contributed by atoms with van der Waals surface area (Å²) in [7, 11) is 3.84. The molecule has 2 rings (SSSR count). The van der Waals surface area contributed by atoms with Gasteiger partial charge < -0.3 is 9.47 Å². The van der Waals surface area contributed by atoms with Gasteiger partial charge in [0.1, 0.15) is 13.2 Å². The molecule has 0 spiro atoms. The Bertz CT molecular complexity index is 746. The van der Waals surface area contributed by atoms with Crippen LogP contribution in [0.4, 0.5) is 5.69 Å². The number of carbonyl (C=O) groups is 2. The van der Waals surface area contributed by atoms with Crippen LogP contribution in [0.3, 0.4) is 0 Å². The molecule has 1 fully saturated rings. The number of nitro groups is 1. The first-order valence-electron chi connectivity index (χ1n) is 9.47. The summed E-state index contributed by atoms with van der Waals surface area (Å²) in [6.45, 7) is 1.18. The molecular formula is C20H25NO6S2. The van der Waals surface area contributed by atoms with E-state index in [-0.39, 0.29) is 24.9 Å². The van der Waals surface area contributed by atoms with Gasteiger partial charge in [-0.15, -0.1) is 0 Å². The van der Waals surface area contributed by atoms with Crippen LogP contribution in [-0.2, 0) is 25.7 Å². The van der Waals surface area contributed by atoms with E-state index < -0.39 is 10.9 Å². The van der Waals surface area contributed by atoms with Crippen molar-refractivity contribution < 1.29 is 24.0 Å². The maximum atomic E-state index is 12.0. The van der Waals surface area contributed by atoms with E-state index >= 15 is 0 Å². The molecule has 0 N–H and O–H groups in total. The van der Waals surface area contributed by atoms with E-state index in [1.165, 1.54) is 31.2 Å². The van der Waals surface area contributed by atoms with Crippen molar-refractivity contribution in [2.24, 2.45) is 0 Å². The highest BCUT2D eigenvalue weighted by molar-refractivity contribution is 8.77. The maximum absolute atomic E-state index is 12.0. The van der Waals surface area contributed by atoms with Crippen LogP contribution in [0.1, 0.15) is 50.2 Å². The Hall–Kier alpha value is -2.00. The maximum Gasteiger partial charge on any atom is 0.306 e. The second kappa shape index (κ2) is 12.5. The molecule has 1 unspecified atom stereocenters. The van der Waals surface area contributed by atoms with Crippen LogP contribution < -0.4 is 0 Å². The summed E-state index contributed by atoms with van der Waals surface area (Å²) in [5.74, 6) is 0.433. The second-order valence-corrected chi connectivity index (χ2v) is 9.34. The zero-order valence-corrected chi connectivity index (χ0v) is 18.0. The molecule has 1 heterocycles. The second-order valence-electron chi connectivity index (χ2n) is 6.55. The Labute approximate surface area is 178 Å². The van der Waals surface area contributed by atoms with Gasteiger partial charge >= 0.3 is 11.9 Å². The van der Waals surface area contributed by atoms with E-state index in [9.17, 15) is 19.7 Å². The third kappa shape index (κ3) is 8.49. The largest absolute Gasteiger partial charge is 0.462 e. The molecule has 0 saturated carbocycles. The molecular weight excluding hydrogens is 414 g/mol. The highest BCUT2D eigenvalue weighted by Gasteiger charge is 2.19. The lowest BCUT2D eigenvalue weighted by Crippen LogP contribution is -2.07. The first-order valence-corrected chi connectivity index (χ1v) is 11.9. The van der Waals surface area contributed by atoms with Crippen molar-refractivity contribution in [1.82, 2.24) is 0 Å². The topological polar surface area (TPSA) is 95.7 Å². The van der Waals surface area contributed by atoms with Gasteiger partial charge in [0, 0.05) is 24.3 Å². The highest BCUT2D eigenvalue weighted by Crippen LogP contribution is 2.39. The minimum Gasteiger partial charge on any atom is -0.462 e. The number of carbonyl (C=O) groups excluding carboxylic acids is 2. The molecule has 7 nitrogen and oxygen atoms in total. The van der Waals surface area contributed by atoms with E-state index in [0.29, 0.717) is 22.8 Å². The summed E-state index contributed by atoms with van der Waals surface area (Å²) < 4.78 is 10.0. The van der Waals surface area contributed by atoms with Gasteiger partial charge in [-0.2, -0.15) is 0 Å². The Kier molecular flexibility index (Phi) is 10.1. The van der Waals surface area contributed by atoms with Crippen LogP contribution in [-0.4, -0.2) is 34.5 Å². The molecule has 1 aromatic carbocycles. The van der Waals surface area contributed by atoms with Gasteiger partial charge in [-0.05, 0) is 43.5 Å². The lowest BCUT2D eigenvalue weighted by Gasteiger charge is -2.08. The molecule has 0 bridgehead atoms. The molecule has 29 heavy (non-hydrogen) atoms. The smallest absolute Gasteiger partial charge is 0.306 e. The number of para-hydroxylation sites is 1. The van der Waals surface area contributed by atoms with Gasteiger partial charge in [0.15, 0.2) is 0 Å². The van der Waals surface area contributed by atoms with Crippen LogP contribution >= 0.6 is 21.6 Å². The number of rotatable bonds is 11. The van der Waals surface area contributed by atoms with Gasteiger partial charge in [0.2, 0.25) is 0 Å². The Morgan fingerprint density at radius 2 is 2.14 bits per heavy atom. The number of esters is 2. The summed E-state index contributed by atoms with van der Waals surface area (Å²) in [6.07, 6.45) is 7.46. The molecule has 0 aromatic heterocycles. The average molecular weight is 440 g/mol. The summed E-state index contributed by atoms with van der Waals surface area (Å²) >= 11 is 0. The van der Waals surface area contributed by atoms with Gasteiger partial charge in [-0.1, -0.05) is 34.1 Å². The summed E-state index contributed by atoms with van der Waals surface area (Å²) in [5.41, 5.74) is 0.579. The zero-order valence-electron chi connectivity index (χ0n) is 16.3. The normalized spacial score (nSPS) is 16.1. The number of ether oxygens (including phenoxy) is 2. The minimum atomic E-state index is -0.494. The fraction of sp³-hybridized carbons (Fsp3) is 0.500. The highest BCUT2D eigenvalue weighted by atomic mass is 33.1. The van der Waals surface area contributed by atoms with Gasteiger partial charge in [0.25, 0.3) is 5.69 Å². The SMILES string of the molecule is CC(=O)OC/C=C/c1cccc(COC(=O)CCCCC2CCSS2)c1[N+](=O)[O-]. The lowest BCUT2D eigenvalue weighted by atomic mass is 10.1. The molecule has 0 radical (unpaired) electrons. The molecule has 158 valence electrons. The fourth-order valence-electron chi connectivity index (χ4n) is 2.86. The van der Waals surface area contributed by atoms with Crippen LogP contribution in [0.2, 0.25) is 0 Å². The van der Waals surface area contributed by atoms with E-state index in [1.807, 2.05) is 21.6 Å². The predicted molar refractivity (Wildman–Crippen MR) is 115 cm³/mol. The lowest BCUT2D eigenvalue weighted by molar-refractivity contribution is -0.386. The quantitative estimate of drug-likeness (QED) is 0.157. The van der Waals surface area contributed by atoms with E-state index in [4.69, 9.17) is 9.47 Å². The van der Waals surface area contributed by atoms with E-state index in [2.05, 4.69) is 0 Å². The Morgan fingerprint density at radius 3 is 2.83 bits per heavy atom. The predicted octanol–water partition coefficient (Wildman–Crippen LogP) is 4.93. The van der Waals surface area contributed by atoms with Crippen LogP contribution in [0.25, 0.3) is 6.08 Å². The van der Waals surface area contributed by atoms with Crippen LogP contribution in [0.5, 0.6) is 0 Å². The molecule has 1 aromatic rings. The number of hydrogen-bond acceptors (Lipinski definition) is 8. The van der Waals surface area contributed by atoms with Crippen LogP contribution in [0.15, 0.2) is 24.3 Å². The number of nitro benzene ring substituents is 1. The zero-order chi connectivity index (χ0) is 21.1. The summed E-state index contributed by atoms with van der Waals surface area (Å²) in [4.78, 5) is 33.8. The van der Waals surface area contributed by atoms with Crippen molar-refractivity contribution in [1.29, 1.82) is 0 Å². The van der Waals surface area contributed by atoms with Gasteiger partial charge in [-0.3, -0.25) is 19.7 Å². The van der Waals surface area contributed by atoms with Crippen molar-refractivity contribution >= 4 is 45.3 Å². The third-order valence-electron chi connectivity index (χ3n) is 4.29. The van der Waals surface area contributed by atoms with Crippen LogP contribution in [0, 0.1) is 10.1 Å². The number of benzene rings is 1. The van der Waals surface area contributed by atoms with E-state index in [1.54, 1.807) is 18.2 Å². The fourth-order valence-corrected chi connectivity index (χ4v) is 5.89. The standard InChI is InChI=1S/C20H25NO6S2/c1-15(22)26-12-5-8-16-6-4-7-17(20(16)21(24)25)14-27-19(23)10-3-2-9-18-11-13-28-29-18/h4-8,18H,2-3,9-14H2,1H3/b8-5+. The first-order chi connectivity index (χ1) is 14.0. The molecule has 0 aliphatic carbocycles. The summed E-state index contributed by atoms with van der Waals surface area (Å²) in [6, 6.07) is 4.83. The van der Waals surface area contributed by atoms with Crippen molar-refractivity contribution in [2.45, 2.75) is 50.9 Å². The third-order valence-corrected chi connectivity index (χ3v) is 7.29. The Balaban J connectivity index is 1.85. The number of unbranched alkanes of at least 4 members (excludes halogenated alkanes) is 1. The first kappa shape index (κ1) is 23.3. The van der Waals surface area contributed by atoms with Crippen molar-refractivity contribution in [2.75, 3.05) is 12.4 Å². The molecule has 1 aliphatic rings. The van der Waals surface area contributed by atoms with Crippen molar-refractivity contribution in [3.63, 3.8) is 0 Å². The summed E-state index contributed by atoms with van der Waals surface area (Å²) in [5, 5.41) is 12.2. The minimum absolute atomic E-state index is 0.0315. The monoisotopic (exact) mass is 439 g/mol. The van der Waals surface area contributed by atoms with Crippen molar-refractivity contribution in [3.8, 4) is 0 Å². The van der Waals surface area contributed by atoms with Gasteiger partial charge in [0.05, 0.1) is 16.1 Å². The molecule has 1 aliphatic heterocycles. The van der Waals surface area contributed by atoms with Gasteiger partial charge in [-0.25, -0.2) is 0 Å².